The number of likely N-dealkylation sites (tertiary alicyclic amines) is 1. The third-order valence-electron chi connectivity index (χ3n) is 5.09. The molecule has 31 heavy (non-hydrogen) atoms. The Morgan fingerprint density at radius 1 is 0.968 bits per heavy atom. The van der Waals surface area contributed by atoms with E-state index in [0.29, 0.717) is 25.4 Å². The van der Waals surface area contributed by atoms with Crippen molar-refractivity contribution in [3.63, 3.8) is 0 Å². The molecular formula is C24H19BrF2N2O2. The Morgan fingerprint density at radius 2 is 1.55 bits per heavy atom. The van der Waals surface area contributed by atoms with E-state index in [2.05, 4.69) is 22.1 Å². The predicted molar refractivity (Wildman–Crippen MR) is 115 cm³/mol. The van der Waals surface area contributed by atoms with Gasteiger partial charge in [-0.1, -0.05) is 46.3 Å². The first-order valence-electron chi connectivity index (χ1n) is 9.74. The molecule has 0 N–H and O–H groups in total. The number of halogens is 3. The minimum absolute atomic E-state index is 0.0591. The topological polar surface area (TPSA) is 45.5 Å². The molecule has 0 aromatic heterocycles. The summed E-state index contributed by atoms with van der Waals surface area (Å²) < 4.78 is 39.7. The molecule has 0 bridgehead atoms. The quantitative estimate of drug-likeness (QED) is 0.410. The monoisotopic (exact) mass is 484 g/mol. The van der Waals surface area contributed by atoms with Crippen LogP contribution in [-0.4, -0.2) is 24.1 Å². The lowest BCUT2D eigenvalue weighted by atomic mass is 10.0. The molecule has 1 heterocycles. The third-order valence-corrected chi connectivity index (χ3v) is 5.83. The highest BCUT2D eigenvalue weighted by Gasteiger charge is 2.26. The van der Waals surface area contributed by atoms with Crippen molar-refractivity contribution < 1.29 is 18.3 Å². The van der Waals surface area contributed by atoms with Gasteiger partial charge in [0.1, 0.15) is 23.5 Å². The van der Waals surface area contributed by atoms with Gasteiger partial charge in [-0.2, -0.15) is 5.26 Å². The first-order valence-corrected chi connectivity index (χ1v) is 10.5. The molecule has 3 aromatic rings. The van der Waals surface area contributed by atoms with Gasteiger partial charge in [0.25, 0.3) is 0 Å². The molecule has 0 atom stereocenters. The second kappa shape index (κ2) is 9.46. The maximum absolute atomic E-state index is 13.4. The maximum Gasteiger partial charge on any atom is 0.179 e. The van der Waals surface area contributed by atoms with E-state index < -0.39 is 6.10 Å². The van der Waals surface area contributed by atoms with Crippen LogP contribution < -0.4 is 4.74 Å². The van der Waals surface area contributed by atoms with E-state index in [1.54, 1.807) is 29.2 Å². The van der Waals surface area contributed by atoms with E-state index >= 15 is 0 Å². The zero-order valence-corrected chi connectivity index (χ0v) is 18.1. The van der Waals surface area contributed by atoms with Gasteiger partial charge >= 0.3 is 0 Å². The summed E-state index contributed by atoms with van der Waals surface area (Å²) in [5.41, 5.74) is 2.47. The highest BCUT2D eigenvalue weighted by atomic mass is 79.9. The summed E-state index contributed by atoms with van der Waals surface area (Å²) in [4.78, 5) is 1.64. The summed E-state index contributed by atoms with van der Waals surface area (Å²) in [7, 11) is 0. The van der Waals surface area contributed by atoms with Crippen molar-refractivity contribution in [2.45, 2.75) is 18.8 Å². The maximum atomic E-state index is 13.4. The summed E-state index contributed by atoms with van der Waals surface area (Å²) >= 11 is 3.56. The standard InChI is InChI=1S/C24H19BrF2N2O2/c25-23-11-21(10-5-18(23)14-30-22-12-29(13-22)15-28)31-24(16-1-6-19(26)7-2-16)17-3-8-20(27)9-4-17/h1-11,22,24H,12-14H2. The molecule has 0 spiro atoms. The number of hydrogen-bond acceptors (Lipinski definition) is 4. The Kier molecular flexibility index (Phi) is 6.50. The molecule has 1 aliphatic rings. The van der Waals surface area contributed by atoms with Gasteiger partial charge in [0.05, 0.1) is 25.8 Å². The van der Waals surface area contributed by atoms with Gasteiger partial charge in [0.15, 0.2) is 6.19 Å². The highest BCUT2D eigenvalue weighted by Crippen LogP contribution is 2.32. The molecule has 0 saturated carbocycles. The van der Waals surface area contributed by atoms with Gasteiger partial charge in [-0.05, 0) is 53.1 Å². The molecule has 1 aliphatic heterocycles. The molecule has 0 aliphatic carbocycles. The molecule has 1 saturated heterocycles. The van der Waals surface area contributed by atoms with Crippen LogP contribution in [0.15, 0.2) is 71.2 Å². The van der Waals surface area contributed by atoms with Gasteiger partial charge in [-0.3, -0.25) is 0 Å². The molecule has 4 rings (SSSR count). The van der Waals surface area contributed by atoms with Crippen LogP contribution in [0.5, 0.6) is 5.75 Å². The molecule has 7 heteroatoms. The summed E-state index contributed by atoms with van der Waals surface area (Å²) in [6, 6.07) is 17.7. The average Bonchev–Trinajstić information content (AvgIpc) is 2.74. The number of benzene rings is 3. The van der Waals surface area contributed by atoms with Crippen LogP contribution in [0.1, 0.15) is 22.8 Å². The van der Waals surface area contributed by atoms with Gasteiger partial charge in [-0.25, -0.2) is 8.78 Å². The number of nitriles is 1. The fourth-order valence-corrected chi connectivity index (χ4v) is 3.76. The SMILES string of the molecule is N#CN1CC(OCc2ccc(OC(c3ccc(F)cc3)c3ccc(F)cc3)cc2Br)C1. The van der Waals surface area contributed by atoms with Crippen molar-refractivity contribution in [1.29, 1.82) is 5.26 Å². The van der Waals surface area contributed by atoms with Gasteiger partial charge in [0.2, 0.25) is 0 Å². The Balaban J connectivity index is 1.50. The first kappa shape index (κ1) is 21.3. The average molecular weight is 485 g/mol. The van der Waals surface area contributed by atoms with Crippen LogP contribution in [-0.2, 0) is 11.3 Å². The van der Waals surface area contributed by atoms with Crippen LogP contribution in [0.25, 0.3) is 0 Å². The number of ether oxygens (including phenoxy) is 2. The molecule has 1 fully saturated rings. The molecule has 3 aromatic carbocycles. The lowest BCUT2D eigenvalue weighted by Gasteiger charge is -2.34. The Morgan fingerprint density at radius 3 is 2.06 bits per heavy atom. The van der Waals surface area contributed by atoms with E-state index in [0.717, 1.165) is 21.2 Å². The molecule has 0 radical (unpaired) electrons. The van der Waals surface area contributed by atoms with E-state index in [1.807, 2.05) is 18.2 Å². The zero-order chi connectivity index (χ0) is 21.8. The largest absolute Gasteiger partial charge is 0.481 e. The predicted octanol–water partition coefficient (Wildman–Crippen LogP) is 5.58. The third kappa shape index (κ3) is 5.22. The van der Waals surface area contributed by atoms with Crippen molar-refractivity contribution in [1.82, 2.24) is 4.90 Å². The first-order chi connectivity index (χ1) is 15.0. The minimum atomic E-state index is -0.526. The Labute approximate surface area is 187 Å². The lowest BCUT2D eigenvalue weighted by Crippen LogP contribution is -2.49. The van der Waals surface area contributed by atoms with Crippen LogP contribution >= 0.6 is 15.9 Å². The Hall–Kier alpha value is -2.95. The molecule has 0 amide bonds. The minimum Gasteiger partial charge on any atom is -0.481 e. The molecular weight excluding hydrogens is 466 g/mol. The van der Waals surface area contributed by atoms with Gasteiger partial charge in [-0.15, -0.1) is 0 Å². The molecule has 158 valence electrons. The molecule has 0 unspecified atom stereocenters. The van der Waals surface area contributed by atoms with Gasteiger partial charge in [0, 0.05) is 4.47 Å². The van der Waals surface area contributed by atoms with Gasteiger partial charge < -0.3 is 14.4 Å². The van der Waals surface area contributed by atoms with Crippen molar-refractivity contribution in [3.05, 3.63) is 99.5 Å². The fourth-order valence-electron chi connectivity index (χ4n) is 3.29. The van der Waals surface area contributed by atoms with Crippen LogP contribution in [0, 0.1) is 23.1 Å². The van der Waals surface area contributed by atoms with Crippen molar-refractivity contribution in [2.75, 3.05) is 13.1 Å². The second-order valence-corrected chi connectivity index (χ2v) is 8.15. The lowest BCUT2D eigenvalue weighted by molar-refractivity contribution is -0.0402. The van der Waals surface area contributed by atoms with Crippen molar-refractivity contribution >= 4 is 15.9 Å². The van der Waals surface area contributed by atoms with Crippen LogP contribution in [0.4, 0.5) is 8.78 Å². The van der Waals surface area contributed by atoms with E-state index in [4.69, 9.17) is 14.7 Å². The summed E-state index contributed by atoms with van der Waals surface area (Å²) in [5, 5.41) is 8.79. The number of hydrogen-bond donors (Lipinski definition) is 0. The summed E-state index contributed by atoms with van der Waals surface area (Å²) in [6.07, 6.45) is 1.62. The molecule has 4 nitrogen and oxygen atoms in total. The van der Waals surface area contributed by atoms with E-state index in [1.165, 1.54) is 24.3 Å². The van der Waals surface area contributed by atoms with Crippen molar-refractivity contribution in [2.24, 2.45) is 0 Å². The normalized spacial score (nSPS) is 13.7. The Bertz CT molecular complexity index is 1030. The summed E-state index contributed by atoms with van der Waals surface area (Å²) in [6.45, 7) is 1.66. The highest BCUT2D eigenvalue weighted by molar-refractivity contribution is 9.10. The fraction of sp³-hybridized carbons (Fsp3) is 0.208. The zero-order valence-electron chi connectivity index (χ0n) is 16.5. The number of rotatable bonds is 7. The van der Waals surface area contributed by atoms with Crippen LogP contribution in [0.3, 0.4) is 0 Å². The second-order valence-electron chi connectivity index (χ2n) is 7.29. The number of nitrogens with zero attached hydrogens (tertiary/aromatic N) is 2. The summed E-state index contributed by atoms with van der Waals surface area (Å²) in [5.74, 6) is -0.0651. The van der Waals surface area contributed by atoms with E-state index in [-0.39, 0.29) is 17.7 Å². The smallest absolute Gasteiger partial charge is 0.179 e. The van der Waals surface area contributed by atoms with E-state index in [9.17, 15) is 8.78 Å². The van der Waals surface area contributed by atoms with Crippen molar-refractivity contribution in [3.8, 4) is 11.9 Å². The van der Waals surface area contributed by atoms with Crippen LogP contribution in [0.2, 0.25) is 0 Å².